The van der Waals surface area contributed by atoms with Crippen molar-refractivity contribution in [3.8, 4) is 5.75 Å². The second-order valence-electron chi connectivity index (χ2n) is 5.06. The fourth-order valence-corrected chi connectivity index (χ4v) is 2.72. The molecule has 1 aliphatic rings. The van der Waals surface area contributed by atoms with Crippen LogP contribution in [0, 0.1) is 0 Å². The summed E-state index contributed by atoms with van der Waals surface area (Å²) in [5, 5.41) is 0. The van der Waals surface area contributed by atoms with Gasteiger partial charge in [0.2, 0.25) is 0 Å². The third kappa shape index (κ3) is 2.36. The molecule has 0 amide bonds. The minimum absolute atomic E-state index is 0.281. The first-order valence-electron chi connectivity index (χ1n) is 6.68. The zero-order valence-electron chi connectivity index (χ0n) is 11.2. The lowest BCUT2D eigenvalue weighted by atomic mass is 10.1. The van der Waals surface area contributed by atoms with Gasteiger partial charge in [0.1, 0.15) is 11.6 Å². The second kappa shape index (κ2) is 5.05. The van der Waals surface area contributed by atoms with E-state index in [1.165, 1.54) is 11.3 Å². The standard InChI is InChI=1S/C15H19N3O/c1-19-14-5-3-2-4-11(14)8-15-17-10-13-9-12(16)6-7-18(13)15/h2-5,10,12H,6-9,16H2,1H3. The van der Waals surface area contributed by atoms with Gasteiger partial charge < -0.3 is 15.0 Å². The van der Waals surface area contributed by atoms with Gasteiger partial charge in [-0.3, -0.25) is 0 Å². The van der Waals surface area contributed by atoms with Crippen molar-refractivity contribution in [2.75, 3.05) is 7.11 Å². The first-order valence-corrected chi connectivity index (χ1v) is 6.68. The van der Waals surface area contributed by atoms with Crippen molar-refractivity contribution >= 4 is 0 Å². The Balaban J connectivity index is 1.88. The van der Waals surface area contributed by atoms with E-state index in [4.69, 9.17) is 10.5 Å². The van der Waals surface area contributed by atoms with E-state index in [2.05, 4.69) is 15.6 Å². The molecule has 3 rings (SSSR count). The van der Waals surface area contributed by atoms with E-state index in [1.54, 1.807) is 7.11 Å². The van der Waals surface area contributed by atoms with Gasteiger partial charge in [-0.25, -0.2) is 4.98 Å². The molecule has 1 aromatic heterocycles. The van der Waals surface area contributed by atoms with Gasteiger partial charge in [0.05, 0.1) is 7.11 Å². The van der Waals surface area contributed by atoms with E-state index < -0.39 is 0 Å². The normalized spacial score (nSPS) is 18.1. The lowest BCUT2D eigenvalue weighted by Gasteiger charge is -2.22. The number of aromatic nitrogens is 2. The number of hydrogen-bond donors (Lipinski definition) is 1. The van der Waals surface area contributed by atoms with Crippen LogP contribution in [-0.2, 0) is 19.4 Å². The summed E-state index contributed by atoms with van der Waals surface area (Å²) < 4.78 is 7.70. The highest BCUT2D eigenvalue weighted by Crippen LogP contribution is 2.23. The summed E-state index contributed by atoms with van der Waals surface area (Å²) in [6, 6.07) is 8.39. The number of imidazole rings is 1. The Hall–Kier alpha value is -1.81. The number of fused-ring (bicyclic) bond motifs is 1. The molecule has 0 bridgehead atoms. The van der Waals surface area contributed by atoms with Gasteiger partial charge >= 0.3 is 0 Å². The van der Waals surface area contributed by atoms with Gasteiger partial charge in [0.15, 0.2) is 0 Å². The number of para-hydroxylation sites is 1. The SMILES string of the molecule is COc1ccccc1Cc1ncc2n1CCC(N)C2. The van der Waals surface area contributed by atoms with Crippen LogP contribution >= 0.6 is 0 Å². The number of ether oxygens (including phenoxy) is 1. The first kappa shape index (κ1) is 12.2. The highest BCUT2D eigenvalue weighted by atomic mass is 16.5. The summed E-state index contributed by atoms with van der Waals surface area (Å²) in [7, 11) is 1.71. The topological polar surface area (TPSA) is 53.1 Å². The fourth-order valence-electron chi connectivity index (χ4n) is 2.72. The van der Waals surface area contributed by atoms with Crippen molar-refractivity contribution in [2.45, 2.75) is 31.8 Å². The van der Waals surface area contributed by atoms with E-state index in [0.717, 1.165) is 37.4 Å². The third-order valence-electron chi connectivity index (χ3n) is 3.76. The summed E-state index contributed by atoms with van der Waals surface area (Å²) in [4.78, 5) is 4.55. The molecule has 0 spiro atoms. The van der Waals surface area contributed by atoms with E-state index in [1.807, 2.05) is 24.4 Å². The Morgan fingerprint density at radius 2 is 2.26 bits per heavy atom. The number of nitrogens with zero attached hydrogens (tertiary/aromatic N) is 2. The minimum atomic E-state index is 0.281. The molecule has 1 aromatic carbocycles. The molecule has 2 heterocycles. The van der Waals surface area contributed by atoms with Gasteiger partial charge in [-0.2, -0.15) is 0 Å². The minimum Gasteiger partial charge on any atom is -0.496 e. The number of rotatable bonds is 3. The van der Waals surface area contributed by atoms with Crippen LogP contribution in [0.4, 0.5) is 0 Å². The number of benzene rings is 1. The fraction of sp³-hybridized carbons (Fsp3) is 0.400. The van der Waals surface area contributed by atoms with E-state index in [-0.39, 0.29) is 6.04 Å². The third-order valence-corrected chi connectivity index (χ3v) is 3.76. The molecule has 4 heteroatoms. The Bertz CT molecular complexity index is 577. The molecular weight excluding hydrogens is 238 g/mol. The molecule has 1 atom stereocenters. The summed E-state index contributed by atoms with van der Waals surface area (Å²) >= 11 is 0. The van der Waals surface area contributed by atoms with E-state index in [9.17, 15) is 0 Å². The van der Waals surface area contributed by atoms with Gasteiger partial charge in [0.25, 0.3) is 0 Å². The van der Waals surface area contributed by atoms with Gasteiger partial charge in [-0.1, -0.05) is 18.2 Å². The van der Waals surface area contributed by atoms with E-state index >= 15 is 0 Å². The zero-order chi connectivity index (χ0) is 13.2. The van der Waals surface area contributed by atoms with Crippen LogP contribution < -0.4 is 10.5 Å². The Morgan fingerprint density at radius 3 is 3.11 bits per heavy atom. The van der Waals surface area contributed by atoms with Crippen LogP contribution in [-0.4, -0.2) is 22.7 Å². The van der Waals surface area contributed by atoms with Crippen molar-refractivity contribution in [3.05, 3.63) is 47.5 Å². The van der Waals surface area contributed by atoms with Gasteiger partial charge in [-0.15, -0.1) is 0 Å². The zero-order valence-corrected chi connectivity index (χ0v) is 11.2. The van der Waals surface area contributed by atoms with Crippen LogP contribution in [0.1, 0.15) is 23.5 Å². The molecule has 0 aliphatic carbocycles. The Kier molecular flexibility index (Phi) is 3.25. The highest BCUT2D eigenvalue weighted by molar-refractivity contribution is 5.35. The van der Waals surface area contributed by atoms with E-state index in [0.29, 0.717) is 0 Å². The summed E-state index contributed by atoms with van der Waals surface area (Å²) in [5.74, 6) is 2.03. The lowest BCUT2D eigenvalue weighted by Crippen LogP contribution is -2.31. The molecule has 2 aromatic rings. The molecule has 19 heavy (non-hydrogen) atoms. The summed E-state index contributed by atoms with van der Waals surface area (Å²) in [6.45, 7) is 0.973. The average molecular weight is 257 g/mol. The summed E-state index contributed by atoms with van der Waals surface area (Å²) in [5.41, 5.74) is 8.42. The first-order chi connectivity index (χ1) is 9.28. The largest absolute Gasteiger partial charge is 0.496 e. The molecule has 0 radical (unpaired) electrons. The lowest BCUT2D eigenvalue weighted by molar-refractivity contribution is 0.409. The predicted octanol–water partition coefficient (Wildman–Crippen LogP) is 1.76. The van der Waals surface area contributed by atoms with Gasteiger partial charge in [0, 0.05) is 42.9 Å². The monoisotopic (exact) mass is 257 g/mol. The summed E-state index contributed by atoms with van der Waals surface area (Å²) in [6.07, 6.45) is 4.73. The van der Waals surface area contributed by atoms with Crippen LogP contribution in [0.3, 0.4) is 0 Å². The maximum atomic E-state index is 6.00. The molecular formula is C15H19N3O. The molecule has 1 unspecified atom stereocenters. The quantitative estimate of drug-likeness (QED) is 0.911. The molecule has 2 N–H and O–H groups in total. The van der Waals surface area contributed by atoms with Crippen molar-refractivity contribution in [1.82, 2.24) is 9.55 Å². The molecule has 0 fully saturated rings. The molecule has 1 aliphatic heterocycles. The van der Waals surface area contributed by atoms with Crippen LogP contribution in [0.2, 0.25) is 0 Å². The highest BCUT2D eigenvalue weighted by Gasteiger charge is 2.19. The van der Waals surface area contributed by atoms with Crippen molar-refractivity contribution in [3.63, 3.8) is 0 Å². The molecule has 0 saturated carbocycles. The Morgan fingerprint density at radius 1 is 1.42 bits per heavy atom. The van der Waals surface area contributed by atoms with Crippen molar-refractivity contribution < 1.29 is 4.74 Å². The molecule has 0 saturated heterocycles. The van der Waals surface area contributed by atoms with Crippen molar-refractivity contribution in [2.24, 2.45) is 5.73 Å². The molecule has 4 nitrogen and oxygen atoms in total. The molecule has 100 valence electrons. The maximum absolute atomic E-state index is 6.00. The predicted molar refractivity (Wildman–Crippen MR) is 74.3 cm³/mol. The van der Waals surface area contributed by atoms with Crippen molar-refractivity contribution in [1.29, 1.82) is 0 Å². The second-order valence-corrected chi connectivity index (χ2v) is 5.06. The Labute approximate surface area is 113 Å². The number of hydrogen-bond acceptors (Lipinski definition) is 3. The van der Waals surface area contributed by atoms with Gasteiger partial charge in [-0.05, 0) is 12.5 Å². The van der Waals surface area contributed by atoms with Crippen LogP contribution in [0.15, 0.2) is 30.5 Å². The maximum Gasteiger partial charge on any atom is 0.122 e. The smallest absolute Gasteiger partial charge is 0.122 e. The number of nitrogens with two attached hydrogens (primary N) is 1. The average Bonchev–Trinajstić information content (AvgIpc) is 2.82. The number of methoxy groups -OCH3 is 1. The van der Waals surface area contributed by atoms with Crippen LogP contribution in [0.5, 0.6) is 5.75 Å². The van der Waals surface area contributed by atoms with Crippen LogP contribution in [0.25, 0.3) is 0 Å².